The van der Waals surface area contributed by atoms with E-state index in [1.165, 1.54) is 4.90 Å². The fourth-order valence-corrected chi connectivity index (χ4v) is 2.79. The molecule has 1 heterocycles. The lowest BCUT2D eigenvalue weighted by Crippen LogP contribution is -2.42. The smallest absolute Gasteiger partial charge is 0.343 e. The Kier molecular flexibility index (Phi) is 5.50. The Labute approximate surface area is 118 Å². The summed E-state index contributed by atoms with van der Waals surface area (Å²) in [5, 5.41) is 19.2. The molecule has 6 heteroatoms. The van der Waals surface area contributed by atoms with Crippen molar-refractivity contribution in [3.8, 4) is 0 Å². The summed E-state index contributed by atoms with van der Waals surface area (Å²) >= 11 is 0. The monoisotopic (exact) mass is 289 g/mol. The minimum atomic E-state index is -2.34. The van der Waals surface area contributed by atoms with Gasteiger partial charge in [0.15, 0.2) is 0 Å². The minimum Gasteiger partial charge on any atom is -0.479 e. The number of nitrogens with zero attached hydrogens (tertiary/aromatic N) is 1. The average Bonchev–Trinajstić information content (AvgIpc) is 2.74. The summed E-state index contributed by atoms with van der Waals surface area (Å²) in [6, 6.07) is 0. The van der Waals surface area contributed by atoms with Crippen LogP contribution >= 0.6 is 0 Å². The van der Waals surface area contributed by atoms with Gasteiger partial charge in [-0.05, 0) is 12.8 Å². The van der Waals surface area contributed by atoms with Crippen LogP contribution < -0.4 is 0 Å². The third-order valence-corrected chi connectivity index (χ3v) is 3.87. The van der Waals surface area contributed by atoms with Crippen LogP contribution in [-0.2, 0) is 9.59 Å². The van der Waals surface area contributed by atoms with Crippen molar-refractivity contribution in [2.24, 2.45) is 0 Å². The van der Waals surface area contributed by atoms with Crippen LogP contribution in [0.5, 0.6) is 0 Å². The number of rotatable bonds is 7. The highest BCUT2D eigenvalue weighted by molar-refractivity contribution is 5.82. The van der Waals surface area contributed by atoms with Gasteiger partial charge in [0, 0.05) is 13.0 Å². The van der Waals surface area contributed by atoms with Gasteiger partial charge in [-0.2, -0.15) is 0 Å². The molecule has 0 radical (unpaired) electrons. The number of aliphatic hydroxyl groups is 1. The highest BCUT2D eigenvalue weighted by Crippen LogP contribution is 2.29. The predicted octanol–water partition coefficient (Wildman–Crippen LogP) is 1.73. The summed E-state index contributed by atoms with van der Waals surface area (Å²) in [4.78, 5) is 24.2. The van der Waals surface area contributed by atoms with Crippen LogP contribution in [0.3, 0.4) is 0 Å². The number of carbonyl (C=O) groups excluding carboxylic acids is 1. The molecular formula is C14H24FNO4. The Hall–Kier alpha value is -1.17. The molecule has 5 nitrogen and oxygen atoms in total. The van der Waals surface area contributed by atoms with E-state index in [-0.39, 0.29) is 25.3 Å². The van der Waals surface area contributed by atoms with Gasteiger partial charge in [0.25, 0.3) is 0 Å². The molecule has 1 rings (SSSR count). The Morgan fingerprint density at radius 2 is 1.85 bits per heavy atom. The molecule has 116 valence electrons. The van der Waals surface area contributed by atoms with E-state index in [9.17, 15) is 19.1 Å². The van der Waals surface area contributed by atoms with E-state index in [1.807, 2.05) is 13.8 Å². The molecule has 0 aliphatic carbocycles. The molecule has 1 aliphatic rings. The molecule has 0 aromatic rings. The van der Waals surface area contributed by atoms with E-state index in [0.29, 0.717) is 12.8 Å². The molecule has 1 saturated heterocycles. The molecule has 0 saturated carbocycles. The Morgan fingerprint density at radius 1 is 1.30 bits per heavy atom. The quantitative estimate of drug-likeness (QED) is 0.748. The van der Waals surface area contributed by atoms with Gasteiger partial charge in [-0.15, -0.1) is 0 Å². The van der Waals surface area contributed by atoms with Gasteiger partial charge in [-0.3, -0.25) is 4.79 Å². The zero-order valence-corrected chi connectivity index (χ0v) is 12.2. The van der Waals surface area contributed by atoms with E-state index in [0.717, 1.165) is 12.8 Å². The molecule has 1 fully saturated rings. The number of hydrogen-bond acceptors (Lipinski definition) is 3. The first-order chi connectivity index (χ1) is 9.26. The second-order valence-electron chi connectivity index (χ2n) is 5.74. The van der Waals surface area contributed by atoms with Crippen LogP contribution in [0.4, 0.5) is 4.39 Å². The van der Waals surface area contributed by atoms with Gasteiger partial charge in [0.2, 0.25) is 11.6 Å². The molecule has 1 unspecified atom stereocenters. The van der Waals surface area contributed by atoms with Crippen molar-refractivity contribution >= 4 is 11.9 Å². The lowest BCUT2D eigenvalue weighted by molar-refractivity contribution is -0.150. The van der Waals surface area contributed by atoms with Crippen molar-refractivity contribution in [1.82, 2.24) is 4.90 Å². The number of aliphatic carboxylic acids is 1. The Morgan fingerprint density at radius 3 is 2.25 bits per heavy atom. The van der Waals surface area contributed by atoms with E-state index < -0.39 is 23.8 Å². The number of amides is 1. The second kappa shape index (κ2) is 6.52. The lowest BCUT2D eigenvalue weighted by Gasteiger charge is -2.29. The fourth-order valence-electron chi connectivity index (χ4n) is 2.79. The number of carboxylic acids is 1. The van der Waals surface area contributed by atoms with Crippen LogP contribution in [0.15, 0.2) is 0 Å². The number of likely N-dealkylation sites (tertiary alicyclic amines) is 1. The van der Waals surface area contributed by atoms with Crippen LogP contribution in [0.2, 0.25) is 0 Å². The standard InChI is InChI=1S/C14H24FNO4/c1-3-5-13(20,6-4-2)9-11(17)16-8-7-14(15,10-16)12(18)19/h20H,3-10H2,1-2H3,(H,18,19). The number of hydrogen-bond donors (Lipinski definition) is 2. The largest absolute Gasteiger partial charge is 0.479 e. The zero-order valence-electron chi connectivity index (χ0n) is 12.2. The second-order valence-corrected chi connectivity index (χ2v) is 5.74. The highest BCUT2D eigenvalue weighted by atomic mass is 19.1. The first-order valence-corrected chi connectivity index (χ1v) is 7.19. The van der Waals surface area contributed by atoms with Gasteiger partial charge in [0.05, 0.1) is 18.6 Å². The molecule has 2 N–H and O–H groups in total. The minimum absolute atomic E-state index is 0.0651. The maximum Gasteiger partial charge on any atom is 0.343 e. The van der Waals surface area contributed by atoms with Gasteiger partial charge < -0.3 is 15.1 Å². The molecule has 20 heavy (non-hydrogen) atoms. The normalized spacial score (nSPS) is 23.1. The third-order valence-electron chi connectivity index (χ3n) is 3.87. The van der Waals surface area contributed by atoms with Crippen molar-refractivity contribution < 1.29 is 24.2 Å². The molecule has 0 bridgehead atoms. The molecule has 1 amide bonds. The maximum atomic E-state index is 13.9. The fraction of sp³-hybridized carbons (Fsp3) is 0.857. The summed E-state index contributed by atoms with van der Waals surface area (Å²) < 4.78 is 13.9. The van der Waals surface area contributed by atoms with Gasteiger partial charge >= 0.3 is 5.97 Å². The number of halogens is 1. The van der Waals surface area contributed by atoms with Crippen LogP contribution in [0.1, 0.15) is 52.4 Å². The van der Waals surface area contributed by atoms with Crippen LogP contribution in [-0.4, -0.2) is 51.3 Å². The van der Waals surface area contributed by atoms with Crippen molar-refractivity contribution in [2.45, 2.75) is 63.6 Å². The summed E-state index contributed by atoms with van der Waals surface area (Å²) in [6.45, 7) is 3.53. The van der Waals surface area contributed by atoms with Crippen LogP contribution in [0, 0.1) is 0 Å². The summed E-state index contributed by atoms with van der Waals surface area (Å²) in [6.07, 6.45) is 2.29. The van der Waals surface area contributed by atoms with Gasteiger partial charge in [-0.25, -0.2) is 9.18 Å². The van der Waals surface area contributed by atoms with Crippen molar-refractivity contribution in [3.63, 3.8) is 0 Å². The summed E-state index contributed by atoms with van der Waals surface area (Å²) in [5.41, 5.74) is -3.41. The number of alkyl halides is 1. The van der Waals surface area contributed by atoms with Crippen molar-refractivity contribution in [2.75, 3.05) is 13.1 Å². The molecule has 0 spiro atoms. The molecular weight excluding hydrogens is 265 g/mol. The van der Waals surface area contributed by atoms with E-state index in [2.05, 4.69) is 0 Å². The molecule has 1 aliphatic heterocycles. The SMILES string of the molecule is CCCC(O)(CCC)CC(=O)N1CCC(F)(C(=O)O)C1. The van der Waals surface area contributed by atoms with Gasteiger partial charge in [0.1, 0.15) is 0 Å². The Balaban J connectivity index is 2.65. The summed E-state index contributed by atoms with van der Waals surface area (Å²) in [7, 11) is 0. The lowest BCUT2D eigenvalue weighted by atomic mass is 9.89. The molecule has 0 aromatic heterocycles. The van der Waals surface area contributed by atoms with Crippen molar-refractivity contribution in [1.29, 1.82) is 0 Å². The van der Waals surface area contributed by atoms with Gasteiger partial charge in [-0.1, -0.05) is 26.7 Å². The topological polar surface area (TPSA) is 77.8 Å². The van der Waals surface area contributed by atoms with E-state index in [4.69, 9.17) is 5.11 Å². The van der Waals surface area contributed by atoms with E-state index >= 15 is 0 Å². The average molecular weight is 289 g/mol. The first kappa shape index (κ1) is 16.9. The number of carboxylic acid groups (broad SMARTS) is 1. The molecule has 0 aromatic carbocycles. The Bertz CT molecular complexity index is 368. The van der Waals surface area contributed by atoms with E-state index in [1.54, 1.807) is 0 Å². The molecule has 1 atom stereocenters. The third kappa shape index (κ3) is 3.91. The maximum absolute atomic E-state index is 13.9. The first-order valence-electron chi connectivity index (χ1n) is 7.19. The summed E-state index contributed by atoms with van der Waals surface area (Å²) in [5.74, 6) is -1.89. The zero-order chi connectivity index (χ0) is 15.4. The predicted molar refractivity (Wildman–Crippen MR) is 72.1 cm³/mol. The van der Waals surface area contributed by atoms with Crippen molar-refractivity contribution in [3.05, 3.63) is 0 Å². The number of carbonyl (C=O) groups is 2. The van der Waals surface area contributed by atoms with Crippen LogP contribution in [0.25, 0.3) is 0 Å². The highest BCUT2D eigenvalue weighted by Gasteiger charge is 2.47.